The highest BCUT2D eigenvalue weighted by molar-refractivity contribution is 7.99. The van der Waals surface area contributed by atoms with Gasteiger partial charge in [0.25, 0.3) is 0 Å². The molecule has 0 unspecified atom stereocenters. The van der Waals surface area contributed by atoms with E-state index in [0.29, 0.717) is 13.2 Å². The van der Waals surface area contributed by atoms with E-state index in [9.17, 15) is 0 Å². The Morgan fingerprint density at radius 1 is 0.852 bits per heavy atom. The van der Waals surface area contributed by atoms with Crippen molar-refractivity contribution in [3.8, 4) is 0 Å². The summed E-state index contributed by atoms with van der Waals surface area (Å²) < 4.78 is 22.9. The van der Waals surface area contributed by atoms with Crippen LogP contribution < -0.4 is 0 Å². The Kier molecular flexibility index (Phi) is 5.58. The van der Waals surface area contributed by atoms with Gasteiger partial charge in [0, 0.05) is 48.5 Å². The first-order valence-electron chi connectivity index (χ1n) is 9.43. The lowest BCUT2D eigenvalue weighted by Gasteiger charge is -2.36. The second-order valence-electron chi connectivity index (χ2n) is 7.11. The van der Waals surface area contributed by atoms with Gasteiger partial charge in [0.15, 0.2) is 5.79 Å². The van der Waals surface area contributed by atoms with E-state index in [1.807, 2.05) is 6.92 Å². The Morgan fingerprint density at radius 3 is 2.22 bits per heavy atom. The number of methoxy groups -OCH3 is 1. The Morgan fingerprint density at radius 2 is 1.56 bits per heavy atom. The van der Waals surface area contributed by atoms with Crippen molar-refractivity contribution in [3.05, 3.63) is 59.7 Å². The van der Waals surface area contributed by atoms with Gasteiger partial charge in [-0.3, -0.25) is 0 Å². The highest BCUT2D eigenvalue weighted by Crippen LogP contribution is 2.39. The molecule has 0 atom stereocenters. The van der Waals surface area contributed by atoms with E-state index in [4.69, 9.17) is 18.9 Å². The van der Waals surface area contributed by atoms with Crippen molar-refractivity contribution in [3.63, 3.8) is 0 Å². The van der Waals surface area contributed by atoms with Crippen LogP contribution in [-0.4, -0.2) is 33.5 Å². The lowest BCUT2D eigenvalue weighted by atomic mass is 9.86. The fourth-order valence-corrected chi connectivity index (χ4v) is 4.67. The van der Waals surface area contributed by atoms with Gasteiger partial charge in [0.05, 0.1) is 18.8 Å². The molecule has 0 bridgehead atoms. The SMILES string of the molecule is COC1(c2cccc(Sc3ccc(C4(C)OCCO4)cc3)c2)CCOCC1. The molecule has 2 aromatic carbocycles. The summed E-state index contributed by atoms with van der Waals surface area (Å²) in [6.45, 7) is 4.76. The van der Waals surface area contributed by atoms with Gasteiger partial charge < -0.3 is 18.9 Å². The van der Waals surface area contributed by atoms with Crippen LogP contribution in [0, 0.1) is 0 Å². The Hall–Kier alpha value is -1.37. The van der Waals surface area contributed by atoms with E-state index in [0.717, 1.165) is 31.6 Å². The van der Waals surface area contributed by atoms with E-state index in [-0.39, 0.29) is 5.60 Å². The fourth-order valence-electron chi connectivity index (χ4n) is 3.80. The van der Waals surface area contributed by atoms with Crippen LogP contribution in [0.3, 0.4) is 0 Å². The number of rotatable bonds is 5. The summed E-state index contributed by atoms with van der Waals surface area (Å²) in [7, 11) is 1.80. The summed E-state index contributed by atoms with van der Waals surface area (Å²) in [6, 6.07) is 17.1. The van der Waals surface area contributed by atoms with Crippen LogP contribution in [0.2, 0.25) is 0 Å². The monoisotopic (exact) mass is 386 g/mol. The molecule has 2 aliphatic heterocycles. The Balaban J connectivity index is 1.51. The first kappa shape index (κ1) is 19.0. The molecule has 2 fully saturated rings. The van der Waals surface area contributed by atoms with Gasteiger partial charge in [-0.2, -0.15) is 0 Å². The first-order valence-corrected chi connectivity index (χ1v) is 10.2. The smallest absolute Gasteiger partial charge is 0.192 e. The van der Waals surface area contributed by atoms with E-state index >= 15 is 0 Å². The molecule has 0 amide bonds. The van der Waals surface area contributed by atoms with Crippen LogP contribution in [-0.2, 0) is 30.3 Å². The molecule has 2 aliphatic rings. The van der Waals surface area contributed by atoms with Gasteiger partial charge in [-0.15, -0.1) is 0 Å². The molecule has 0 aliphatic carbocycles. The van der Waals surface area contributed by atoms with Crippen LogP contribution in [0.4, 0.5) is 0 Å². The maximum atomic E-state index is 5.94. The predicted octanol–water partition coefficient (Wildman–Crippen LogP) is 4.71. The van der Waals surface area contributed by atoms with Crippen LogP contribution in [0.15, 0.2) is 58.3 Å². The molecular formula is C22H26O4S. The molecule has 0 spiro atoms. The third-order valence-corrected chi connectivity index (χ3v) is 6.50. The first-order chi connectivity index (χ1) is 13.1. The predicted molar refractivity (Wildman–Crippen MR) is 105 cm³/mol. The molecule has 144 valence electrons. The van der Waals surface area contributed by atoms with E-state index < -0.39 is 5.79 Å². The molecule has 0 radical (unpaired) electrons. The summed E-state index contributed by atoms with van der Waals surface area (Å²) >= 11 is 1.76. The molecule has 2 heterocycles. The topological polar surface area (TPSA) is 36.9 Å². The minimum absolute atomic E-state index is 0.232. The van der Waals surface area contributed by atoms with Crippen molar-refractivity contribution in [1.29, 1.82) is 0 Å². The van der Waals surface area contributed by atoms with E-state index in [1.54, 1.807) is 18.9 Å². The van der Waals surface area contributed by atoms with Gasteiger partial charge in [-0.25, -0.2) is 0 Å². The van der Waals surface area contributed by atoms with Gasteiger partial charge >= 0.3 is 0 Å². The molecule has 2 saturated heterocycles. The van der Waals surface area contributed by atoms with Crippen molar-refractivity contribution in [2.45, 2.75) is 40.9 Å². The van der Waals surface area contributed by atoms with Crippen molar-refractivity contribution in [1.82, 2.24) is 0 Å². The standard InChI is InChI=1S/C22H26O4S/c1-21(25-14-15-26-21)17-6-8-19(9-7-17)27-20-5-3-4-18(16-20)22(23-2)10-12-24-13-11-22/h3-9,16H,10-15H2,1-2H3. The quantitative estimate of drug-likeness (QED) is 0.744. The average molecular weight is 387 g/mol. The van der Waals surface area contributed by atoms with Crippen LogP contribution >= 0.6 is 11.8 Å². The van der Waals surface area contributed by atoms with Crippen molar-refractivity contribution in [2.75, 3.05) is 33.5 Å². The summed E-state index contributed by atoms with van der Waals surface area (Å²) in [6.07, 6.45) is 1.79. The molecule has 0 aromatic heterocycles. The average Bonchev–Trinajstić information content (AvgIpc) is 3.17. The highest BCUT2D eigenvalue weighted by Gasteiger charge is 2.35. The minimum Gasteiger partial charge on any atom is -0.381 e. The molecule has 0 saturated carbocycles. The van der Waals surface area contributed by atoms with Crippen molar-refractivity contribution < 1.29 is 18.9 Å². The molecule has 27 heavy (non-hydrogen) atoms. The summed E-state index contributed by atoms with van der Waals surface area (Å²) in [5.74, 6) is -0.614. The highest BCUT2D eigenvalue weighted by atomic mass is 32.2. The largest absolute Gasteiger partial charge is 0.381 e. The second kappa shape index (κ2) is 7.94. The number of benzene rings is 2. The second-order valence-corrected chi connectivity index (χ2v) is 8.25. The number of ether oxygens (including phenoxy) is 4. The van der Waals surface area contributed by atoms with Gasteiger partial charge in [-0.1, -0.05) is 36.0 Å². The summed E-state index contributed by atoms with van der Waals surface area (Å²) in [5.41, 5.74) is 2.05. The Labute approximate surface area is 165 Å². The number of hydrogen-bond donors (Lipinski definition) is 0. The molecule has 4 nitrogen and oxygen atoms in total. The lowest BCUT2D eigenvalue weighted by molar-refractivity contribution is -0.149. The molecule has 0 N–H and O–H groups in total. The van der Waals surface area contributed by atoms with Crippen LogP contribution in [0.1, 0.15) is 30.9 Å². The van der Waals surface area contributed by atoms with Crippen molar-refractivity contribution >= 4 is 11.8 Å². The third-order valence-electron chi connectivity index (χ3n) is 5.50. The maximum Gasteiger partial charge on any atom is 0.192 e. The third kappa shape index (κ3) is 3.93. The van der Waals surface area contributed by atoms with Crippen LogP contribution in [0.25, 0.3) is 0 Å². The van der Waals surface area contributed by atoms with Gasteiger partial charge in [0.1, 0.15) is 0 Å². The minimum atomic E-state index is -0.614. The maximum absolute atomic E-state index is 5.94. The van der Waals surface area contributed by atoms with E-state index in [2.05, 4.69) is 48.5 Å². The molecule has 5 heteroatoms. The summed E-state index contributed by atoms with van der Waals surface area (Å²) in [4.78, 5) is 2.40. The zero-order valence-corrected chi connectivity index (χ0v) is 16.7. The molecular weight excluding hydrogens is 360 g/mol. The zero-order chi connectivity index (χ0) is 18.7. The van der Waals surface area contributed by atoms with Gasteiger partial charge in [0.2, 0.25) is 0 Å². The van der Waals surface area contributed by atoms with E-state index in [1.165, 1.54) is 15.4 Å². The number of hydrogen-bond acceptors (Lipinski definition) is 5. The lowest BCUT2D eigenvalue weighted by Crippen LogP contribution is -2.35. The van der Waals surface area contributed by atoms with Crippen molar-refractivity contribution in [2.24, 2.45) is 0 Å². The normalized spacial score (nSPS) is 21.3. The van der Waals surface area contributed by atoms with Crippen LogP contribution in [0.5, 0.6) is 0 Å². The Bertz CT molecular complexity index is 762. The fraction of sp³-hybridized carbons (Fsp3) is 0.455. The van der Waals surface area contributed by atoms with Gasteiger partial charge in [-0.05, 0) is 36.8 Å². The zero-order valence-electron chi connectivity index (χ0n) is 15.9. The molecule has 2 aromatic rings. The summed E-state index contributed by atoms with van der Waals surface area (Å²) in [5, 5.41) is 0. The molecule has 4 rings (SSSR count).